The first kappa shape index (κ1) is 21.1. The van der Waals surface area contributed by atoms with Crippen molar-refractivity contribution >= 4 is 28.2 Å². The van der Waals surface area contributed by atoms with Gasteiger partial charge in [0.2, 0.25) is 5.91 Å². The summed E-state index contributed by atoms with van der Waals surface area (Å²) in [6.07, 6.45) is 2.98. The van der Waals surface area contributed by atoms with Gasteiger partial charge in [0, 0.05) is 61.0 Å². The second kappa shape index (κ2) is 8.18. The van der Waals surface area contributed by atoms with Gasteiger partial charge in [-0.15, -0.1) is 11.3 Å². The van der Waals surface area contributed by atoms with E-state index in [2.05, 4.69) is 37.4 Å². The molecule has 3 N–H and O–H groups in total. The molecule has 4 heterocycles. The lowest BCUT2D eigenvalue weighted by Crippen LogP contribution is -2.53. The summed E-state index contributed by atoms with van der Waals surface area (Å²) in [6.45, 7) is 10.1. The first-order valence-electron chi connectivity index (χ1n) is 10.3. The van der Waals surface area contributed by atoms with Gasteiger partial charge in [-0.3, -0.25) is 15.0 Å². The van der Waals surface area contributed by atoms with Crippen LogP contribution in [-0.2, 0) is 4.79 Å². The number of rotatable bonds is 4. The van der Waals surface area contributed by atoms with Crippen molar-refractivity contribution in [2.75, 3.05) is 29.9 Å². The van der Waals surface area contributed by atoms with Crippen LogP contribution in [-0.4, -0.2) is 62.4 Å². The molecule has 2 aliphatic rings. The summed E-state index contributed by atoms with van der Waals surface area (Å²) in [6, 6.07) is 2.15. The van der Waals surface area contributed by atoms with E-state index < -0.39 is 6.35 Å². The number of aliphatic hydroxyl groups excluding tert-OH is 1. The molecule has 1 unspecified atom stereocenters. The lowest BCUT2D eigenvalue weighted by Gasteiger charge is -2.41. The lowest BCUT2D eigenvalue weighted by atomic mass is 9.87. The summed E-state index contributed by atoms with van der Waals surface area (Å²) in [5.74, 6) is 1.38. The number of anilines is 2. The molecule has 2 atom stereocenters. The molecule has 4 rings (SSSR count). The molecular weight excluding hydrogens is 402 g/mol. The van der Waals surface area contributed by atoms with Crippen LogP contribution in [0, 0.1) is 13.8 Å². The molecular formula is C20H29N7O2S. The number of carbonyl (C=O) groups is 1. The number of piperidine rings is 1. The van der Waals surface area contributed by atoms with Gasteiger partial charge in [0.05, 0.1) is 0 Å². The second-order valence-electron chi connectivity index (χ2n) is 8.30. The Morgan fingerprint density at radius 2 is 2.10 bits per heavy atom. The molecule has 0 aromatic carbocycles. The van der Waals surface area contributed by atoms with Crippen LogP contribution in [0.5, 0.6) is 0 Å². The first-order valence-corrected chi connectivity index (χ1v) is 11.1. The fourth-order valence-electron chi connectivity index (χ4n) is 4.37. The maximum absolute atomic E-state index is 11.2. The van der Waals surface area contributed by atoms with Gasteiger partial charge in [-0.2, -0.15) is 0 Å². The first-order chi connectivity index (χ1) is 14.2. The van der Waals surface area contributed by atoms with E-state index in [1.54, 1.807) is 0 Å². The molecule has 1 amide bonds. The SMILES string of the molecule is CC(=O)Nc1ncc([C@H](C)N2CCC3(CC2)CN(c2cc(C)nc(C)n2)C(O)N3)s1. The van der Waals surface area contributed by atoms with E-state index in [9.17, 15) is 9.90 Å². The van der Waals surface area contributed by atoms with Crippen LogP contribution < -0.4 is 15.5 Å². The van der Waals surface area contributed by atoms with Gasteiger partial charge in [0.25, 0.3) is 0 Å². The number of likely N-dealkylation sites (tertiary alicyclic amines) is 1. The maximum Gasteiger partial charge on any atom is 0.223 e. The van der Waals surface area contributed by atoms with Crippen LogP contribution in [0.3, 0.4) is 0 Å². The van der Waals surface area contributed by atoms with Gasteiger partial charge >= 0.3 is 0 Å². The van der Waals surface area contributed by atoms with Crippen molar-refractivity contribution in [3.05, 3.63) is 28.7 Å². The van der Waals surface area contributed by atoms with E-state index in [0.29, 0.717) is 11.0 Å². The van der Waals surface area contributed by atoms with E-state index in [-0.39, 0.29) is 17.5 Å². The molecule has 0 saturated carbocycles. The van der Waals surface area contributed by atoms with Crippen LogP contribution in [0.2, 0.25) is 0 Å². The van der Waals surface area contributed by atoms with Crippen LogP contribution in [0.15, 0.2) is 12.3 Å². The molecule has 2 aromatic heterocycles. The normalized spacial score (nSPS) is 22.4. The van der Waals surface area contributed by atoms with Crippen molar-refractivity contribution in [2.45, 2.75) is 58.5 Å². The molecule has 2 fully saturated rings. The predicted molar refractivity (Wildman–Crippen MR) is 116 cm³/mol. The van der Waals surface area contributed by atoms with Crippen LogP contribution in [0.1, 0.15) is 49.1 Å². The number of nitrogens with zero attached hydrogens (tertiary/aromatic N) is 5. The van der Waals surface area contributed by atoms with Crippen molar-refractivity contribution in [3.63, 3.8) is 0 Å². The van der Waals surface area contributed by atoms with E-state index >= 15 is 0 Å². The van der Waals surface area contributed by atoms with Crippen molar-refractivity contribution < 1.29 is 9.90 Å². The Labute approximate surface area is 180 Å². The van der Waals surface area contributed by atoms with Crippen molar-refractivity contribution in [1.82, 2.24) is 25.2 Å². The third kappa shape index (κ3) is 4.31. The fraction of sp³-hybridized carbons (Fsp3) is 0.600. The Bertz CT molecular complexity index is 905. The molecule has 9 nitrogen and oxygen atoms in total. The Kier molecular flexibility index (Phi) is 5.75. The Morgan fingerprint density at radius 3 is 2.77 bits per heavy atom. The molecule has 0 bridgehead atoms. The summed E-state index contributed by atoms with van der Waals surface area (Å²) >= 11 is 1.52. The van der Waals surface area contributed by atoms with Gasteiger partial charge in [-0.05, 0) is 33.6 Å². The molecule has 2 aliphatic heterocycles. The highest BCUT2D eigenvalue weighted by Crippen LogP contribution is 2.36. The summed E-state index contributed by atoms with van der Waals surface area (Å²) in [7, 11) is 0. The fourth-order valence-corrected chi connectivity index (χ4v) is 5.32. The number of hydrogen-bond donors (Lipinski definition) is 3. The number of aryl methyl sites for hydroxylation is 2. The van der Waals surface area contributed by atoms with Crippen molar-refractivity contribution in [3.8, 4) is 0 Å². The van der Waals surface area contributed by atoms with Crippen LogP contribution in [0.4, 0.5) is 10.9 Å². The van der Waals surface area contributed by atoms with E-state index in [4.69, 9.17) is 0 Å². The molecule has 1 spiro atoms. The van der Waals surface area contributed by atoms with Gasteiger partial charge < -0.3 is 15.3 Å². The third-order valence-corrected chi connectivity index (χ3v) is 7.05. The number of carbonyl (C=O) groups excluding carboxylic acids is 1. The largest absolute Gasteiger partial charge is 0.361 e. The van der Waals surface area contributed by atoms with E-state index in [0.717, 1.165) is 48.9 Å². The second-order valence-corrected chi connectivity index (χ2v) is 9.36. The summed E-state index contributed by atoms with van der Waals surface area (Å²) in [4.78, 5) is 29.9. The zero-order valence-electron chi connectivity index (χ0n) is 17.8. The topological polar surface area (TPSA) is 107 Å². The number of thiazole rings is 1. The molecule has 2 saturated heterocycles. The van der Waals surface area contributed by atoms with Gasteiger partial charge in [0.15, 0.2) is 11.5 Å². The number of amides is 1. The average molecular weight is 432 g/mol. The molecule has 0 aliphatic carbocycles. The minimum absolute atomic E-state index is 0.104. The Hall–Kier alpha value is -2.14. The van der Waals surface area contributed by atoms with E-state index in [1.165, 1.54) is 18.3 Å². The standard InChI is InChI=1S/C20H29N7O2S/c1-12-9-17(23-14(3)22-12)27-11-20(25-19(27)29)5-7-26(8-6-20)13(2)16-10-21-18(30-16)24-15(4)28/h9-10,13,19,25,29H,5-8,11H2,1-4H3,(H,21,24,28)/t13-,19?/m0/s1. The number of aliphatic hydroxyl groups is 1. The van der Waals surface area contributed by atoms with Gasteiger partial charge in [-0.1, -0.05) is 0 Å². The smallest absolute Gasteiger partial charge is 0.223 e. The zero-order valence-corrected chi connectivity index (χ0v) is 18.7. The number of aromatic nitrogens is 3. The van der Waals surface area contributed by atoms with E-state index in [1.807, 2.05) is 31.0 Å². The molecule has 30 heavy (non-hydrogen) atoms. The highest BCUT2D eigenvalue weighted by molar-refractivity contribution is 7.15. The molecule has 0 radical (unpaired) electrons. The van der Waals surface area contributed by atoms with Crippen LogP contribution >= 0.6 is 11.3 Å². The lowest BCUT2D eigenvalue weighted by molar-refractivity contribution is -0.114. The molecule has 2 aromatic rings. The number of hydrogen-bond acceptors (Lipinski definition) is 9. The number of nitrogens with one attached hydrogen (secondary N) is 2. The maximum atomic E-state index is 11.2. The zero-order chi connectivity index (χ0) is 21.5. The van der Waals surface area contributed by atoms with Crippen LogP contribution in [0.25, 0.3) is 0 Å². The third-order valence-electron chi connectivity index (χ3n) is 5.97. The summed E-state index contributed by atoms with van der Waals surface area (Å²) in [5.41, 5.74) is 0.773. The average Bonchev–Trinajstić information content (AvgIpc) is 3.25. The molecule has 10 heteroatoms. The Balaban J connectivity index is 1.40. The summed E-state index contributed by atoms with van der Waals surface area (Å²) < 4.78 is 0. The van der Waals surface area contributed by atoms with Gasteiger partial charge in [0.1, 0.15) is 11.6 Å². The monoisotopic (exact) mass is 431 g/mol. The quantitative estimate of drug-likeness (QED) is 0.673. The highest BCUT2D eigenvalue weighted by atomic mass is 32.1. The van der Waals surface area contributed by atoms with Gasteiger partial charge in [-0.25, -0.2) is 15.0 Å². The molecule has 162 valence electrons. The minimum atomic E-state index is -0.746. The summed E-state index contributed by atoms with van der Waals surface area (Å²) in [5, 5.41) is 17.5. The predicted octanol–water partition coefficient (Wildman–Crippen LogP) is 1.79. The highest BCUT2D eigenvalue weighted by Gasteiger charge is 2.45. The van der Waals surface area contributed by atoms with Crippen molar-refractivity contribution in [1.29, 1.82) is 0 Å². The minimum Gasteiger partial charge on any atom is -0.361 e. The van der Waals surface area contributed by atoms with Crippen molar-refractivity contribution in [2.24, 2.45) is 0 Å². The Morgan fingerprint density at radius 1 is 1.37 bits per heavy atom.